The molecule has 142 valence electrons. The maximum atomic E-state index is 13.3. The topological polar surface area (TPSA) is 76.3 Å². The van der Waals surface area contributed by atoms with E-state index in [1.165, 1.54) is 9.87 Å². The molecule has 0 aliphatic carbocycles. The molecule has 27 heavy (non-hydrogen) atoms. The van der Waals surface area contributed by atoms with Crippen LogP contribution in [0.4, 0.5) is 0 Å². The summed E-state index contributed by atoms with van der Waals surface area (Å²) in [6.07, 6.45) is 4.03. The molecule has 0 saturated heterocycles. The van der Waals surface area contributed by atoms with Crippen LogP contribution in [0.1, 0.15) is 24.8 Å². The molecule has 0 bridgehead atoms. The monoisotopic (exact) mass is 383 g/mol. The Morgan fingerprint density at radius 1 is 1.04 bits per heavy atom. The molecule has 3 aromatic rings. The van der Waals surface area contributed by atoms with Crippen LogP contribution in [0.25, 0.3) is 10.8 Å². The molecular weight excluding hydrogens is 358 g/mol. The summed E-state index contributed by atoms with van der Waals surface area (Å²) in [5.74, 6) is 0.262. The second-order valence-electron chi connectivity index (χ2n) is 6.65. The first kappa shape index (κ1) is 19.5. The summed E-state index contributed by atoms with van der Waals surface area (Å²) < 4.78 is 28.2. The van der Waals surface area contributed by atoms with E-state index in [9.17, 15) is 8.42 Å². The first-order valence-electron chi connectivity index (χ1n) is 9.12. The minimum Gasteiger partial charge on any atom is -0.329 e. The Hall–Kier alpha value is -2.28. The van der Waals surface area contributed by atoms with Crippen molar-refractivity contribution in [3.05, 3.63) is 72.6 Å². The third kappa shape index (κ3) is 4.35. The highest BCUT2D eigenvalue weighted by Gasteiger charge is 2.26. The first-order valence-corrected chi connectivity index (χ1v) is 10.6. The average Bonchev–Trinajstić information content (AvgIpc) is 2.71. The fourth-order valence-electron chi connectivity index (χ4n) is 3.24. The Balaban J connectivity index is 1.86. The van der Waals surface area contributed by atoms with E-state index in [1.807, 2.05) is 24.3 Å². The summed E-state index contributed by atoms with van der Waals surface area (Å²) in [6.45, 7) is 3.12. The lowest BCUT2D eigenvalue weighted by atomic mass is 9.98. The molecule has 0 spiro atoms. The fourth-order valence-corrected chi connectivity index (χ4v) is 4.92. The highest BCUT2D eigenvalue weighted by atomic mass is 32.2. The van der Waals surface area contributed by atoms with E-state index in [-0.39, 0.29) is 12.5 Å². The number of rotatable bonds is 8. The molecular formula is C21H25N3O2S. The van der Waals surface area contributed by atoms with E-state index in [1.54, 1.807) is 30.6 Å². The number of fused-ring (bicyclic) bond motifs is 1. The Labute approximate surface area is 160 Å². The molecule has 1 atom stereocenters. The van der Waals surface area contributed by atoms with Gasteiger partial charge >= 0.3 is 0 Å². The highest BCUT2D eigenvalue weighted by molar-refractivity contribution is 7.89. The SMILES string of the molecule is CC(CCN(CCN)S(=O)(=O)c1cccc2cnccc12)c1ccccc1. The summed E-state index contributed by atoms with van der Waals surface area (Å²) in [5.41, 5.74) is 6.93. The lowest BCUT2D eigenvalue weighted by Crippen LogP contribution is -2.36. The number of sulfonamides is 1. The average molecular weight is 384 g/mol. The standard InChI is InChI=1S/C21H25N3O2S/c1-17(18-6-3-2-4-7-18)11-14-24(15-12-22)27(25,26)21-9-5-8-19-16-23-13-10-20(19)21/h2-10,13,16-17H,11-12,14-15,22H2,1H3. The van der Waals surface area contributed by atoms with Gasteiger partial charge in [-0.1, -0.05) is 49.4 Å². The van der Waals surface area contributed by atoms with Crippen LogP contribution in [0.15, 0.2) is 71.9 Å². The van der Waals surface area contributed by atoms with E-state index in [2.05, 4.69) is 24.0 Å². The Morgan fingerprint density at radius 3 is 2.56 bits per heavy atom. The van der Waals surface area contributed by atoms with Gasteiger partial charge in [-0.3, -0.25) is 4.98 Å². The Kier molecular flexibility index (Phi) is 6.21. The van der Waals surface area contributed by atoms with Gasteiger partial charge in [-0.05, 0) is 30.0 Å². The van der Waals surface area contributed by atoms with Crippen LogP contribution in [0, 0.1) is 0 Å². The zero-order chi connectivity index (χ0) is 19.3. The minimum absolute atomic E-state index is 0.262. The van der Waals surface area contributed by atoms with Gasteiger partial charge in [0.2, 0.25) is 10.0 Å². The zero-order valence-electron chi connectivity index (χ0n) is 15.5. The van der Waals surface area contributed by atoms with Gasteiger partial charge < -0.3 is 5.73 Å². The molecule has 0 fully saturated rings. The fraction of sp³-hybridized carbons (Fsp3) is 0.286. The van der Waals surface area contributed by atoms with Gasteiger partial charge in [-0.2, -0.15) is 4.31 Å². The molecule has 2 N–H and O–H groups in total. The number of hydrogen-bond donors (Lipinski definition) is 1. The van der Waals surface area contributed by atoms with Crippen molar-refractivity contribution < 1.29 is 8.42 Å². The molecule has 0 amide bonds. The summed E-state index contributed by atoms with van der Waals surface area (Å²) >= 11 is 0. The maximum absolute atomic E-state index is 13.3. The number of hydrogen-bond acceptors (Lipinski definition) is 4. The second-order valence-corrected chi connectivity index (χ2v) is 8.55. The largest absolute Gasteiger partial charge is 0.329 e. The van der Waals surface area contributed by atoms with Crippen molar-refractivity contribution in [1.82, 2.24) is 9.29 Å². The molecule has 2 aromatic carbocycles. The molecule has 1 heterocycles. The van der Waals surface area contributed by atoms with E-state index >= 15 is 0 Å². The second kappa shape index (κ2) is 8.61. The van der Waals surface area contributed by atoms with E-state index in [4.69, 9.17) is 5.73 Å². The summed E-state index contributed by atoms with van der Waals surface area (Å²) in [4.78, 5) is 4.39. The minimum atomic E-state index is -3.64. The molecule has 5 nitrogen and oxygen atoms in total. The predicted octanol–water partition coefficient (Wildman–Crippen LogP) is 3.38. The first-order chi connectivity index (χ1) is 13.0. The van der Waals surface area contributed by atoms with Crippen LogP contribution in [0.3, 0.4) is 0 Å². The third-order valence-electron chi connectivity index (χ3n) is 4.82. The summed E-state index contributed by atoms with van der Waals surface area (Å²) in [5, 5.41) is 1.49. The number of benzene rings is 2. The number of nitrogens with two attached hydrogens (primary N) is 1. The van der Waals surface area contributed by atoms with Gasteiger partial charge in [0, 0.05) is 42.8 Å². The van der Waals surface area contributed by atoms with Crippen molar-refractivity contribution in [1.29, 1.82) is 0 Å². The van der Waals surface area contributed by atoms with Crippen LogP contribution in [-0.4, -0.2) is 37.3 Å². The lowest BCUT2D eigenvalue weighted by molar-refractivity contribution is 0.401. The molecule has 1 unspecified atom stereocenters. The van der Waals surface area contributed by atoms with Crippen molar-refractivity contribution >= 4 is 20.8 Å². The number of nitrogens with zero attached hydrogens (tertiary/aromatic N) is 2. The van der Waals surface area contributed by atoms with Crippen LogP contribution < -0.4 is 5.73 Å². The van der Waals surface area contributed by atoms with Gasteiger partial charge in [-0.15, -0.1) is 0 Å². The summed E-state index contributed by atoms with van der Waals surface area (Å²) in [6, 6.07) is 17.2. The number of pyridine rings is 1. The Morgan fingerprint density at radius 2 is 1.81 bits per heavy atom. The van der Waals surface area contributed by atoms with Crippen molar-refractivity contribution in [2.75, 3.05) is 19.6 Å². The predicted molar refractivity (Wildman–Crippen MR) is 109 cm³/mol. The van der Waals surface area contributed by atoms with Crippen LogP contribution in [0.2, 0.25) is 0 Å². The quantitative estimate of drug-likeness (QED) is 0.647. The van der Waals surface area contributed by atoms with Crippen molar-refractivity contribution in [2.24, 2.45) is 5.73 Å². The van der Waals surface area contributed by atoms with Crippen molar-refractivity contribution in [3.8, 4) is 0 Å². The van der Waals surface area contributed by atoms with E-state index in [0.717, 1.165) is 11.8 Å². The molecule has 3 rings (SSSR count). The molecule has 0 aliphatic rings. The van der Waals surface area contributed by atoms with E-state index in [0.29, 0.717) is 23.4 Å². The highest BCUT2D eigenvalue weighted by Crippen LogP contribution is 2.26. The van der Waals surface area contributed by atoms with Crippen molar-refractivity contribution in [2.45, 2.75) is 24.2 Å². The van der Waals surface area contributed by atoms with Crippen LogP contribution in [-0.2, 0) is 10.0 Å². The smallest absolute Gasteiger partial charge is 0.243 e. The zero-order valence-corrected chi connectivity index (χ0v) is 16.3. The van der Waals surface area contributed by atoms with Gasteiger partial charge in [0.05, 0.1) is 4.90 Å². The molecule has 1 aromatic heterocycles. The molecule has 0 aliphatic heterocycles. The molecule has 6 heteroatoms. The van der Waals surface area contributed by atoms with Crippen LogP contribution in [0.5, 0.6) is 0 Å². The normalized spacial score (nSPS) is 13.1. The number of aromatic nitrogens is 1. The van der Waals surface area contributed by atoms with Crippen molar-refractivity contribution in [3.63, 3.8) is 0 Å². The lowest BCUT2D eigenvalue weighted by Gasteiger charge is -2.24. The Bertz CT molecular complexity index is 985. The molecule has 0 saturated carbocycles. The van der Waals surface area contributed by atoms with Crippen LogP contribution >= 0.6 is 0 Å². The molecule has 0 radical (unpaired) electrons. The van der Waals surface area contributed by atoms with Gasteiger partial charge in [0.25, 0.3) is 0 Å². The maximum Gasteiger partial charge on any atom is 0.243 e. The van der Waals surface area contributed by atoms with Gasteiger partial charge in [0.15, 0.2) is 0 Å². The van der Waals surface area contributed by atoms with E-state index < -0.39 is 10.0 Å². The summed E-state index contributed by atoms with van der Waals surface area (Å²) in [7, 11) is -3.64. The van der Waals surface area contributed by atoms with Gasteiger partial charge in [0.1, 0.15) is 0 Å². The third-order valence-corrected chi connectivity index (χ3v) is 6.77. The van der Waals surface area contributed by atoms with Gasteiger partial charge in [-0.25, -0.2) is 8.42 Å².